The minimum absolute atomic E-state index is 0.0991. The van der Waals surface area contributed by atoms with Crippen molar-refractivity contribution in [2.75, 3.05) is 13.1 Å². The largest absolute Gasteiger partial charge is 0.326 e. The van der Waals surface area contributed by atoms with Gasteiger partial charge in [0.05, 0.1) is 4.90 Å². The van der Waals surface area contributed by atoms with Gasteiger partial charge in [0.25, 0.3) is 0 Å². The van der Waals surface area contributed by atoms with Gasteiger partial charge in [0.1, 0.15) is 0 Å². The van der Waals surface area contributed by atoms with Crippen LogP contribution in [-0.2, 0) is 10.0 Å². The second-order valence-electron chi connectivity index (χ2n) is 5.29. The summed E-state index contributed by atoms with van der Waals surface area (Å²) in [7, 11) is -3.51. The van der Waals surface area contributed by atoms with E-state index < -0.39 is 10.0 Å². The van der Waals surface area contributed by atoms with Crippen LogP contribution >= 0.6 is 11.6 Å². The predicted molar refractivity (Wildman–Crippen MR) is 76.7 cm³/mol. The smallest absolute Gasteiger partial charge is 0.243 e. The van der Waals surface area contributed by atoms with Crippen molar-refractivity contribution >= 4 is 21.6 Å². The molecule has 0 aliphatic carbocycles. The first-order valence-electron chi connectivity index (χ1n) is 6.33. The van der Waals surface area contributed by atoms with Crippen LogP contribution in [0, 0.1) is 12.8 Å². The van der Waals surface area contributed by atoms with Gasteiger partial charge in [-0.25, -0.2) is 8.42 Å². The maximum absolute atomic E-state index is 12.7. The van der Waals surface area contributed by atoms with Gasteiger partial charge < -0.3 is 5.73 Å². The van der Waals surface area contributed by atoms with Gasteiger partial charge in [-0.2, -0.15) is 4.31 Å². The summed E-state index contributed by atoms with van der Waals surface area (Å²) in [6.07, 6.45) is 0.862. The molecule has 0 bridgehead atoms. The summed E-state index contributed by atoms with van der Waals surface area (Å²) in [5.41, 5.74) is 6.52. The van der Waals surface area contributed by atoms with Crippen molar-refractivity contribution < 1.29 is 8.42 Å². The molecular formula is C13H19ClN2O2S. The van der Waals surface area contributed by atoms with Gasteiger partial charge in [0.15, 0.2) is 0 Å². The highest BCUT2D eigenvalue weighted by Crippen LogP contribution is 2.28. The lowest BCUT2D eigenvalue weighted by Crippen LogP contribution is -2.48. The fourth-order valence-electron chi connectivity index (χ4n) is 2.55. The number of piperidine rings is 1. The Morgan fingerprint density at radius 2 is 2.05 bits per heavy atom. The molecule has 1 aliphatic heterocycles. The number of halogens is 1. The molecule has 4 nitrogen and oxygen atoms in total. The molecule has 19 heavy (non-hydrogen) atoms. The third-order valence-corrected chi connectivity index (χ3v) is 5.88. The summed E-state index contributed by atoms with van der Waals surface area (Å²) in [6.45, 7) is 4.63. The molecule has 6 heteroatoms. The molecule has 106 valence electrons. The summed E-state index contributed by atoms with van der Waals surface area (Å²) in [6, 6.07) is 4.86. The molecule has 2 rings (SSSR count). The van der Waals surface area contributed by atoms with Crippen molar-refractivity contribution in [3.63, 3.8) is 0 Å². The van der Waals surface area contributed by atoms with E-state index in [9.17, 15) is 8.42 Å². The average Bonchev–Trinajstić information content (AvgIpc) is 2.31. The van der Waals surface area contributed by atoms with Crippen molar-refractivity contribution in [1.29, 1.82) is 0 Å². The predicted octanol–water partition coefficient (Wildman–Crippen LogP) is 2.01. The number of rotatable bonds is 2. The summed E-state index contributed by atoms with van der Waals surface area (Å²) in [5, 5.41) is 0.468. The van der Waals surface area contributed by atoms with E-state index in [0.29, 0.717) is 23.7 Å². The number of sulfonamides is 1. The van der Waals surface area contributed by atoms with E-state index in [4.69, 9.17) is 17.3 Å². The highest BCUT2D eigenvalue weighted by molar-refractivity contribution is 7.89. The van der Waals surface area contributed by atoms with Crippen LogP contribution in [0.4, 0.5) is 0 Å². The summed E-state index contributed by atoms with van der Waals surface area (Å²) in [4.78, 5) is 0.279. The molecule has 1 heterocycles. The number of nitrogens with zero attached hydrogens (tertiary/aromatic N) is 1. The molecule has 1 fully saturated rings. The van der Waals surface area contributed by atoms with Crippen molar-refractivity contribution in [1.82, 2.24) is 4.31 Å². The maximum Gasteiger partial charge on any atom is 0.243 e. The molecule has 0 amide bonds. The summed E-state index contributed by atoms with van der Waals surface area (Å²) < 4.78 is 26.8. The summed E-state index contributed by atoms with van der Waals surface area (Å²) >= 11 is 6.01. The van der Waals surface area contributed by atoms with Gasteiger partial charge >= 0.3 is 0 Å². The first kappa shape index (κ1) is 14.8. The number of nitrogens with two attached hydrogens (primary N) is 1. The highest BCUT2D eigenvalue weighted by atomic mass is 35.5. The van der Waals surface area contributed by atoms with Crippen LogP contribution in [-0.4, -0.2) is 31.9 Å². The Hall–Kier alpha value is -0.620. The van der Waals surface area contributed by atoms with E-state index in [1.807, 2.05) is 6.92 Å². The van der Waals surface area contributed by atoms with Crippen molar-refractivity contribution in [3.05, 3.63) is 28.8 Å². The molecule has 2 N–H and O–H groups in total. The van der Waals surface area contributed by atoms with E-state index in [0.717, 1.165) is 6.42 Å². The minimum atomic E-state index is -3.51. The van der Waals surface area contributed by atoms with Crippen LogP contribution in [0.2, 0.25) is 5.02 Å². The topological polar surface area (TPSA) is 63.4 Å². The van der Waals surface area contributed by atoms with Crippen LogP contribution in [0.15, 0.2) is 23.1 Å². The fourth-order valence-corrected chi connectivity index (χ4v) is 4.65. The van der Waals surface area contributed by atoms with Gasteiger partial charge in [-0.1, -0.05) is 24.6 Å². The number of benzene rings is 1. The highest BCUT2D eigenvalue weighted by Gasteiger charge is 2.32. The van der Waals surface area contributed by atoms with E-state index in [1.165, 1.54) is 4.31 Å². The van der Waals surface area contributed by atoms with Crippen LogP contribution in [0.25, 0.3) is 0 Å². The molecule has 0 radical (unpaired) electrons. The van der Waals surface area contributed by atoms with E-state index in [-0.39, 0.29) is 16.9 Å². The first-order chi connectivity index (χ1) is 8.82. The Labute approximate surface area is 119 Å². The normalized spacial score (nSPS) is 25.5. The lowest BCUT2D eigenvalue weighted by molar-refractivity contribution is 0.254. The average molecular weight is 303 g/mol. The molecule has 0 spiro atoms. The number of hydrogen-bond acceptors (Lipinski definition) is 3. The van der Waals surface area contributed by atoms with E-state index in [2.05, 4.69) is 0 Å². The zero-order chi connectivity index (χ0) is 14.2. The molecule has 1 aliphatic rings. The molecule has 1 saturated heterocycles. The first-order valence-corrected chi connectivity index (χ1v) is 8.15. The lowest BCUT2D eigenvalue weighted by atomic mass is 9.99. The van der Waals surface area contributed by atoms with Crippen LogP contribution in [0.1, 0.15) is 18.9 Å². The third-order valence-electron chi connectivity index (χ3n) is 3.49. The van der Waals surface area contributed by atoms with E-state index in [1.54, 1.807) is 25.1 Å². The zero-order valence-corrected chi connectivity index (χ0v) is 12.7. The Bertz CT molecular complexity index is 564. The molecule has 2 atom stereocenters. The Morgan fingerprint density at radius 1 is 1.37 bits per heavy atom. The van der Waals surface area contributed by atoms with Crippen molar-refractivity contribution in [2.24, 2.45) is 11.7 Å². The quantitative estimate of drug-likeness (QED) is 0.909. The fraction of sp³-hybridized carbons (Fsp3) is 0.538. The lowest BCUT2D eigenvalue weighted by Gasteiger charge is -2.34. The van der Waals surface area contributed by atoms with Gasteiger partial charge in [-0.05, 0) is 37.0 Å². The standard InChI is InChI=1S/C13H19ClN2O2S/c1-9-6-11(15)8-16(7-9)19(17,18)13-5-3-4-12(14)10(13)2/h3-5,9,11H,6-8,15H2,1-2H3. The van der Waals surface area contributed by atoms with Crippen LogP contribution < -0.4 is 5.73 Å². The Kier molecular flexibility index (Phi) is 4.20. The van der Waals surface area contributed by atoms with Gasteiger partial charge in [0.2, 0.25) is 10.0 Å². The maximum atomic E-state index is 12.7. The Balaban J connectivity index is 2.39. The number of hydrogen-bond donors (Lipinski definition) is 1. The molecule has 0 saturated carbocycles. The molecular weight excluding hydrogens is 284 g/mol. The Morgan fingerprint density at radius 3 is 2.68 bits per heavy atom. The minimum Gasteiger partial charge on any atom is -0.326 e. The van der Waals surface area contributed by atoms with Crippen LogP contribution in [0.3, 0.4) is 0 Å². The second kappa shape index (κ2) is 5.40. The molecule has 1 aromatic rings. The van der Waals surface area contributed by atoms with Gasteiger partial charge in [0, 0.05) is 24.2 Å². The van der Waals surface area contributed by atoms with Crippen molar-refractivity contribution in [2.45, 2.75) is 31.2 Å². The second-order valence-corrected chi connectivity index (χ2v) is 7.60. The van der Waals surface area contributed by atoms with Crippen molar-refractivity contribution in [3.8, 4) is 0 Å². The van der Waals surface area contributed by atoms with Gasteiger partial charge in [-0.3, -0.25) is 0 Å². The van der Waals surface area contributed by atoms with Gasteiger partial charge in [-0.15, -0.1) is 0 Å². The molecule has 2 unspecified atom stereocenters. The SMILES string of the molecule is Cc1c(Cl)cccc1S(=O)(=O)N1CC(C)CC(N)C1. The molecule has 1 aromatic carbocycles. The van der Waals surface area contributed by atoms with E-state index >= 15 is 0 Å². The zero-order valence-electron chi connectivity index (χ0n) is 11.1. The molecule has 0 aromatic heterocycles. The van der Waals surface area contributed by atoms with Crippen LogP contribution in [0.5, 0.6) is 0 Å². The summed E-state index contributed by atoms with van der Waals surface area (Å²) in [5.74, 6) is 0.276. The third kappa shape index (κ3) is 2.94. The monoisotopic (exact) mass is 302 g/mol.